The van der Waals surface area contributed by atoms with Gasteiger partial charge in [0.1, 0.15) is 0 Å². The molecule has 0 saturated heterocycles. The van der Waals surface area contributed by atoms with Crippen LogP contribution in [0.2, 0.25) is 0 Å². The molecular formula is C23H36O. The lowest BCUT2D eigenvalue weighted by Crippen LogP contribution is -2.16. The molecule has 0 N–H and O–H groups in total. The van der Waals surface area contributed by atoms with E-state index in [-0.39, 0.29) is 5.92 Å². The molecule has 1 rings (SSSR count). The lowest BCUT2D eigenvalue weighted by atomic mass is 9.80. The van der Waals surface area contributed by atoms with Gasteiger partial charge in [0.15, 0.2) is 5.78 Å². The highest BCUT2D eigenvalue weighted by atomic mass is 16.1. The summed E-state index contributed by atoms with van der Waals surface area (Å²) < 4.78 is 0. The van der Waals surface area contributed by atoms with Crippen molar-refractivity contribution in [1.29, 1.82) is 0 Å². The number of unbranched alkanes of at least 4 members (excludes halogenated alkanes) is 1. The summed E-state index contributed by atoms with van der Waals surface area (Å²) in [6.45, 7) is 9.13. The molecule has 24 heavy (non-hydrogen) atoms. The quantitative estimate of drug-likeness (QED) is 0.292. The Morgan fingerprint density at radius 3 is 2.33 bits per heavy atom. The Bertz CT molecular complexity index is 484. The minimum atomic E-state index is 0.122. The first-order chi connectivity index (χ1) is 11.5. The van der Waals surface area contributed by atoms with Crippen molar-refractivity contribution in [1.82, 2.24) is 0 Å². The monoisotopic (exact) mass is 328 g/mol. The molecule has 0 aromatic heterocycles. The van der Waals surface area contributed by atoms with Gasteiger partial charge in [-0.05, 0) is 37.5 Å². The van der Waals surface area contributed by atoms with Gasteiger partial charge in [0.2, 0.25) is 0 Å². The van der Waals surface area contributed by atoms with Gasteiger partial charge in [0.25, 0.3) is 0 Å². The van der Waals surface area contributed by atoms with Crippen LogP contribution in [0.25, 0.3) is 0 Å². The number of benzene rings is 1. The summed E-state index contributed by atoms with van der Waals surface area (Å²) in [5.74, 6) is 0.430. The average molecular weight is 329 g/mol. The van der Waals surface area contributed by atoms with Crippen LogP contribution in [0.3, 0.4) is 0 Å². The Labute approximate surface area is 149 Å². The third-order valence-corrected chi connectivity index (χ3v) is 4.87. The topological polar surface area (TPSA) is 17.1 Å². The third kappa shape index (κ3) is 7.95. The molecule has 1 unspecified atom stereocenters. The molecule has 0 bridgehead atoms. The van der Waals surface area contributed by atoms with Crippen LogP contribution in [0, 0.1) is 11.3 Å². The second-order valence-corrected chi connectivity index (χ2v) is 7.70. The van der Waals surface area contributed by atoms with Crippen LogP contribution in [-0.4, -0.2) is 5.78 Å². The molecule has 0 heterocycles. The average Bonchev–Trinajstić information content (AvgIpc) is 2.59. The van der Waals surface area contributed by atoms with E-state index < -0.39 is 0 Å². The van der Waals surface area contributed by atoms with Gasteiger partial charge in [-0.15, -0.1) is 0 Å². The normalized spacial score (nSPS) is 13.3. The van der Waals surface area contributed by atoms with E-state index in [4.69, 9.17) is 0 Å². The van der Waals surface area contributed by atoms with Gasteiger partial charge in [0.05, 0.1) is 0 Å². The lowest BCUT2D eigenvalue weighted by molar-refractivity contribution is 0.0909. The molecule has 0 radical (unpaired) electrons. The molecule has 0 aliphatic rings. The van der Waals surface area contributed by atoms with Crippen molar-refractivity contribution in [3.63, 3.8) is 0 Å². The van der Waals surface area contributed by atoms with Gasteiger partial charge in [-0.25, -0.2) is 0 Å². The molecule has 0 aliphatic carbocycles. The van der Waals surface area contributed by atoms with E-state index in [0.29, 0.717) is 11.2 Å². The molecular weight excluding hydrogens is 292 g/mol. The Balaban J connectivity index is 2.62. The number of carbonyl (C=O) groups excluding carboxylic acids is 1. The largest absolute Gasteiger partial charge is 0.294 e. The van der Waals surface area contributed by atoms with Crippen LogP contribution in [0.15, 0.2) is 42.5 Å². The third-order valence-electron chi connectivity index (χ3n) is 4.87. The highest BCUT2D eigenvalue weighted by Crippen LogP contribution is 2.31. The molecule has 134 valence electrons. The van der Waals surface area contributed by atoms with Gasteiger partial charge in [-0.1, -0.05) is 89.4 Å². The SMILES string of the molecule is CCC=CCC(CCCC(C)(C)CCCC)C(=O)c1ccccc1. The zero-order valence-corrected chi connectivity index (χ0v) is 16.2. The lowest BCUT2D eigenvalue weighted by Gasteiger charge is -2.25. The van der Waals surface area contributed by atoms with Crippen molar-refractivity contribution in [3.05, 3.63) is 48.0 Å². The second-order valence-electron chi connectivity index (χ2n) is 7.70. The Morgan fingerprint density at radius 1 is 1.04 bits per heavy atom. The van der Waals surface area contributed by atoms with E-state index in [2.05, 4.69) is 39.8 Å². The zero-order valence-electron chi connectivity index (χ0n) is 16.2. The minimum Gasteiger partial charge on any atom is -0.294 e. The van der Waals surface area contributed by atoms with Crippen molar-refractivity contribution in [2.75, 3.05) is 0 Å². The van der Waals surface area contributed by atoms with Gasteiger partial charge in [0, 0.05) is 11.5 Å². The molecule has 0 fully saturated rings. The van der Waals surface area contributed by atoms with Crippen LogP contribution < -0.4 is 0 Å². The van der Waals surface area contributed by atoms with Crippen molar-refractivity contribution < 1.29 is 4.79 Å². The Kier molecular flexibility index (Phi) is 9.67. The van der Waals surface area contributed by atoms with E-state index in [1.807, 2.05) is 30.3 Å². The fourth-order valence-corrected chi connectivity index (χ4v) is 3.23. The number of hydrogen-bond acceptors (Lipinski definition) is 1. The first-order valence-corrected chi connectivity index (χ1v) is 9.74. The van der Waals surface area contributed by atoms with E-state index in [9.17, 15) is 4.79 Å². The molecule has 0 amide bonds. The van der Waals surface area contributed by atoms with Crippen molar-refractivity contribution in [2.24, 2.45) is 11.3 Å². The smallest absolute Gasteiger partial charge is 0.166 e. The summed E-state index contributed by atoms with van der Waals surface area (Å²) >= 11 is 0. The second kappa shape index (κ2) is 11.2. The molecule has 0 spiro atoms. The maximum Gasteiger partial charge on any atom is 0.166 e. The number of ketones is 1. The standard InChI is InChI=1S/C23H36O/c1-5-7-10-14-21(22(24)20-15-11-9-12-16-20)17-13-19-23(3,4)18-8-6-2/h7,9-12,15-16,21H,5-6,8,13-14,17-19H2,1-4H3. The van der Waals surface area contributed by atoms with Gasteiger partial charge in [-0.2, -0.15) is 0 Å². The Hall–Kier alpha value is -1.37. The Morgan fingerprint density at radius 2 is 1.71 bits per heavy atom. The highest BCUT2D eigenvalue weighted by molar-refractivity contribution is 5.97. The molecule has 1 heteroatoms. The summed E-state index contributed by atoms with van der Waals surface area (Å²) in [4.78, 5) is 12.8. The van der Waals surface area contributed by atoms with E-state index in [1.165, 1.54) is 25.7 Å². The minimum absolute atomic E-state index is 0.122. The van der Waals surface area contributed by atoms with Crippen molar-refractivity contribution >= 4 is 5.78 Å². The van der Waals surface area contributed by atoms with E-state index in [0.717, 1.165) is 31.2 Å². The van der Waals surface area contributed by atoms with Crippen LogP contribution >= 0.6 is 0 Å². The highest BCUT2D eigenvalue weighted by Gasteiger charge is 2.21. The maximum atomic E-state index is 12.8. The molecule has 0 aliphatic heterocycles. The van der Waals surface area contributed by atoms with Crippen LogP contribution in [0.1, 0.15) is 89.4 Å². The van der Waals surface area contributed by atoms with Gasteiger partial charge < -0.3 is 0 Å². The fraction of sp³-hybridized carbons (Fsp3) is 0.609. The first-order valence-electron chi connectivity index (χ1n) is 9.74. The summed E-state index contributed by atoms with van der Waals surface area (Å²) in [6, 6.07) is 9.78. The van der Waals surface area contributed by atoms with Crippen LogP contribution in [0.4, 0.5) is 0 Å². The summed E-state index contributed by atoms with van der Waals surface area (Å²) in [6.07, 6.45) is 13.5. The first kappa shape index (κ1) is 20.7. The molecule has 1 nitrogen and oxygen atoms in total. The number of allylic oxidation sites excluding steroid dienone is 2. The van der Waals surface area contributed by atoms with E-state index in [1.54, 1.807) is 0 Å². The zero-order chi connectivity index (χ0) is 17.8. The van der Waals surface area contributed by atoms with Crippen molar-refractivity contribution in [2.45, 2.75) is 79.1 Å². The number of Topliss-reactive ketones (excluding diaryl/α,β-unsaturated/α-hetero) is 1. The van der Waals surface area contributed by atoms with Crippen LogP contribution in [-0.2, 0) is 0 Å². The summed E-state index contributed by atoms with van der Waals surface area (Å²) in [7, 11) is 0. The molecule has 1 atom stereocenters. The fourth-order valence-electron chi connectivity index (χ4n) is 3.23. The predicted molar refractivity (Wildman–Crippen MR) is 105 cm³/mol. The molecule has 1 aromatic rings. The van der Waals surface area contributed by atoms with Crippen LogP contribution in [0.5, 0.6) is 0 Å². The van der Waals surface area contributed by atoms with Gasteiger partial charge in [-0.3, -0.25) is 4.79 Å². The van der Waals surface area contributed by atoms with Crippen molar-refractivity contribution in [3.8, 4) is 0 Å². The van der Waals surface area contributed by atoms with E-state index >= 15 is 0 Å². The summed E-state index contributed by atoms with van der Waals surface area (Å²) in [5.41, 5.74) is 1.26. The predicted octanol–water partition coefficient (Wildman–Crippen LogP) is 7.23. The molecule has 0 saturated carbocycles. The maximum absolute atomic E-state index is 12.8. The number of carbonyl (C=O) groups is 1. The number of hydrogen-bond donors (Lipinski definition) is 0. The summed E-state index contributed by atoms with van der Waals surface area (Å²) in [5, 5.41) is 0. The number of rotatable bonds is 12. The van der Waals surface area contributed by atoms with Gasteiger partial charge >= 0.3 is 0 Å². The molecule has 1 aromatic carbocycles.